The largest absolute Gasteiger partial charge is 0.337 e. The van der Waals surface area contributed by atoms with E-state index in [1.807, 2.05) is 30.3 Å². The normalized spacial score (nSPS) is 14.5. The fourth-order valence-corrected chi connectivity index (χ4v) is 2.97. The van der Waals surface area contributed by atoms with E-state index in [4.69, 9.17) is 5.73 Å². The molecule has 6 heteroatoms. The van der Waals surface area contributed by atoms with Gasteiger partial charge in [0.05, 0.1) is 6.04 Å². The Balaban J connectivity index is 0.00000208. The molecule has 2 N–H and O–H groups in total. The van der Waals surface area contributed by atoms with Crippen LogP contribution in [0.4, 0.5) is 8.78 Å². The first-order valence-corrected chi connectivity index (χ1v) is 7.60. The Morgan fingerprint density at radius 2 is 1.71 bits per heavy atom. The smallest absolute Gasteiger partial charge is 0.240 e. The topological polar surface area (TPSA) is 46.3 Å². The number of hydrogen-bond acceptors (Lipinski definition) is 2. The Morgan fingerprint density at radius 3 is 2.38 bits per heavy atom. The van der Waals surface area contributed by atoms with E-state index in [1.165, 1.54) is 4.90 Å². The van der Waals surface area contributed by atoms with Gasteiger partial charge in [0.2, 0.25) is 5.91 Å². The zero-order valence-electron chi connectivity index (χ0n) is 13.0. The summed E-state index contributed by atoms with van der Waals surface area (Å²) < 4.78 is 27.6. The molecule has 0 bridgehead atoms. The molecule has 2 aromatic rings. The van der Waals surface area contributed by atoms with Crippen LogP contribution in [0.5, 0.6) is 0 Å². The van der Waals surface area contributed by atoms with Crippen LogP contribution in [0, 0.1) is 11.6 Å². The van der Waals surface area contributed by atoms with E-state index in [0.29, 0.717) is 24.9 Å². The van der Waals surface area contributed by atoms with Gasteiger partial charge < -0.3 is 10.6 Å². The Labute approximate surface area is 145 Å². The number of halogens is 3. The van der Waals surface area contributed by atoms with Crippen LogP contribution in [-0.2, 0) is 24.2 Å². The molecule has 0 fully saturated rings. The van der Waals surface area contributed by atoms with E-state index in [-0.39, 0.29) is 30.4 Å². The van der Waals surface area contributed by atoms with Crippen molar-refractivity contribution >= 4 is 18.3 Å². The zero-order chi connectivity index (χ0) is 16.4. The lowest BCUT2D eigenvalue weighted by molar-refractivity contribution is -0.133. The summed E-state index contributed by atoms with van der Waals surface area (Å²) in [4.78, 5) is 14.0. The number of carbonyl (C=O) groups is 1. The van der Waals surface area contributed by atoms with Gasteiger partial charge in [-0.05, 0) is 36.1 Å². The van der Waals surface area contributed by atoms with Crippen molar-refractivity contribution in [3.8, 4) is 0 Å². The van der Waals surface area contributed by atoms with E-state index in [1.54, 1.807) is 0 Å². The molecule has 24 heavy (non-hydrogen) atoms. The lowest BCUT2D eigenvalue weighted by atomic mass is 9.97. The molecule has 1 aliphatic heterocycles. The Hall–Kier alpha value is -1.98. The number of amides is 1. The van der Waals surface area contributed by atoms with Crippen LogP contribution < -0.4 is 5.73 Å². The molecule has 1 amide bonds. The molecule has 1 heterocycles. The fraction of sp³-hybridized carbons (Fsp3) is 0.278. The molecule has 128 valence electrons. The zero-order valence-corrected chi connectivity index (χ0v) is 13.9. The third kappa shape index (κ3) is 3.74. The molecule has 1 atom stereocenters. The summed E-state index contributed by atoms with van der Waals surface area (Å²) in [5, 5.41) is 0. The van der Waals surface area contributed by atoms with Gasteiger partial charge in [-0.3, -0.25) is 4.79 Å². The predicted molar refractivity (Wildman–Crippen MR) is 90.8 cm³/mol. The van der Waals surface area contributed by atoms with E-state index < -0.39 is 17.7 Å². The van der Waals surface area contributed by atoms with E-state index in [2.05, 4.69) is 0 Å². The van der Waals surface area contributed by atoms with Crippen molar-refractivity contribution < 1.29 is 13.6 Å². The molecule has 0 spiro atoms. The van der Waals surface area contributed by atoms with E-state index in [0.717, 1.165) is 17.7 Å². The van der Waals surface area contributed by atoms with Gasteiger partial charge in [-0.1, -0.05) is 30.3 Å². The fourth-order valence-electron chi connectivity index (χ4n) is 2.97. The van der Waals surface area contributed by atoms with Crippen molar-refractivity contribution in [2.75, 3.05) is 6.54 Å². The minimum absolute atomic E-state index is 0. The van der Waals surface area contributed by atoms with Gasteiger partial charge >= 0.3 is 0 Å². The SMILES string of the molecule is Cl.N[C@@H](Cc1ccccc1)C(=O)N1CCc2c(F)ccc(F)c2C1. The number of nitrogens with two attached hydrogens (primary N) is 1. The maximum absolute atomic E-state index is 13.9. The van der Waals surface area contributed by atoms with E-state index in [9.17, 15) is 13.6 Å². The number of fused-ring (bicyclic) bond motifs is 1. The lowest BCUT2D eigenvalue weighted by Crippen LogP contribution is -2.47. The second kappa shape index (κ2) is 7.73. The summed E-state index contributed by atoms with van der Waals surface area (Å²) >= 11 is 0. The molecular weight excluding hydrogens is 334 g/mol. The van der Waals surface area contributed by atoms with Gasteiger partial charge in [-0.25, -0.2) is 8.78 Å². The molecule has 1 aliphatic rings. The van der Waals surface area contributed by atoms with Crippen LogP contribution >= 0.6 is 12.4 Å². The van der Waals surface area contributed by atoms with Gasteiger partial charge in [0.15, 0.2) is 0 Å². The molecule has 0 radical (unpaired) electrons. The first kappa shape index (κ1) is 18.4. The first-order valence-electron chi connectivity index (χ1n) is 7.60. The number of carbonyl (C=O) groups excluding carboxylic acids is 1. The second-order valence-corrected chi connectivity index (χ2v) is 5.79. The number of benzene rings is 2. The average molecular weight is 353 g/mol. The molecule has 0 saturated carbocycles. The number of hydrogen-bond donors (Lipinski definition) is 1. The molecule has 0 saturated heterocycles. The second-order valence-electron chi connectivity index (χ2n) is 5.79. The molecule has 3 rings (SSSR count). The predicted octanol–water partition coefficient (Wildman–Crippen LogP) is 2.84. The van der Waals surface area contributed by atoms with Gasteiger partial charge in [0.25, 0.3) is 0 Å². The van der Waals surface area contributed by atoms with Crippen molar-refractivity contribution in [2.24, 2.45) is 5.73 Å². The Kier molecular flexibility index (Phi) is 5.91. The van der Waals surface area contributed by atoms with Gasteiger partial charge in [0, 0.05) is 18.7 Å². The molecule has 2 aromatic carbocycles. The monoisotopic (exact) mass is 352 g/mol. The van der Waals surface area contributed by atoms with Crippen molar-refractivity contribution in [3.05, 3.63) is 70.8 Å². The van der Waals surface area contributed by atoms with Gasteiger partial charge in [0.1, 0.15) is 11.6 Å². The summed E-state index contributed by atoms with van der Waals surface area (Å²) in [7, 11) is 0. The van der Waals surface area contributed by atoms with Gasteiger partial charge in [-0.15, -0.1) is 12.4 Å². The van der Waals surface area contributed by atoms with Crippen LogP contribution in [-0.4, -0.2) is 23.4 Å². The van der Waals surface area contributed by atoms with Crippen LogP contribution in [0.1, 0.15) is 16.7 Å². The van der Waals surface area contributed by atoms with Crippen LogP contribution in [0.25, 0.3) is 0 Å². The average Bonchev–Trinajstić information content (AvgIpc) is 2.58. The Morgan fingerprint density at radius 1 is 1.08 bits per heavy atom. The third-order valence-electron chi connectivity index (χ3n) is 4.22. The van der Waals surface area contributed by atoms with Crippen molar-refractivity contribution in [1.29, 1.82) is 0 Å². The highest BCUT2D eigenvalue weighted by Crippen LogP contribution is 2.24. The highest BCUT2D eigenvalue weighted by molar-refractivity contribution is 5.85. The molecule has 0 unspecified atom stereocenters. The Bertz CT molecular complexity index is 724. The summed E-state index contributed by atoms with van der Waals surface area (Å²) in [6.45, 7) is 0.426. The maximum Gasteiger partial charge on any atom is 0.240 e. The summed E-state index contributed by atoms with van der Waals surface area (Å²) in [5.74, 6) is -1.12. The highest BCUT2D eigenvalue weighted by Gasteiger charge is 2.28. The van der Waals surface area contributed by atoms with Crippen molar-refractivity contribution in [2.45, 2.75) is 25.4 Å². The molecular formula is C18H19ClF2N2O. The first-order chi connectivity index (χ1) is 11.1. The van der Waals surface area contributed by atoms with Crippen LogP contribution in [0.3, 0.4) is 0 Å². The summed E-state index contributed by atoms with van der Waals surface area (Å²) in [6, 6.07) is 11.1. The van der Waals surface area contributed by atoms with Crippen LogP contribution in [0.2, 0.25) is 0 Å². The van der Waals surface area contributed by atoms with E-state index >= 15 is 0 Å². The van der Waals surface area contributed by atoms with Crippen molar-refractivity contribution in [1.82, 2.24) is 4.90 Å². The molecule has 0 aromatic heterocycles. The summed E-state index contributed by atoms with van der Waals surface area (Å²) in [5.41, 5.74) is 7.61. The highest BCUT2D eigenvalue weighted by atomic mass is 35.5. The number of rotatable bonds is 3. The maximum atomic E-state index is 13.9. The van der Waals surface area contributed by atoms with Crippen molar-refractivity contribution in [3.63, 3.8) is 0 Å². The molecule has 3 nitrogen and oxygen atoms in total. The van der Waals surface area contributed by atoms with Crippen LogP contribution in [0.15, 0.2) is 42.5 Å². The minimum atomic E-state index is -0.685. The quantitative estimate of drug-likeness (QED) is 0.923. The lowest BCUT2D eigenvalue weighted by Gasteiger charge is -2.31. The number of nitrogens with zero attached hydrogens (tertiary/aromatic N) is 1. The van der Waals surface area contributed by atoms with Gasteiger partial charge in [-0.2, -0.15) is 0 Å². The summed E-state index contributed by atoms with van der Waals surface area (Å²) in [6.07, 6.45) is 0.734. The standard InChI is InChI=1S/C18H18F2N2O.ClH/c19-15-6-7-16(20)14-11-22(9-8-13(14)15)18(23)17(21)10-12-4-2-1-3-5-12;/h1-7,17H,8-11,21H2;1H/t17-;/m0./s1. The minimum Gasteiger partial charge on any atom is -0.337 e. The third-order valence-corrected chi connectivity index (χ3v) is 4.22. The molecule has 0 aliphatic carbocycles.